The highest BCUT2D eigenvalue weighted by atomic mass is 32.2. The van der Waals surface area contributed by atoms with Gasteiger partial charge < -0.3 is 5.73 Å². The van der Waals surface area contributed by atoms with E-state index in [1.54, 1.807) is 25.1 Å². The number of thiazole rings is 1. The Labute approximate surface area is 122 Å². The van der Waals surface area contributed by atoms with Gasteiger partial charge in [0.1, 0.15) is 5.01 Å². The molecule has 108 valence electrons. The zero-order valence-corrected chi connectivity index (χ0v) is 13.0. The van der Waals surface area contributed by atoms with E-state index in [0.29, 0.717) is 0 Å². The molecular weight excluding hydrogens is 294 g/mol. The third kappa shape index (κ3) is 3.43. The number of aryl methyl sites for hydroxylation is 1. The average Bonchev–Trinajstić information content (AvgIpc) is 2.85. The fourth-order valence-electron chi connectivity index (χ4n) is 1.66. The molecule has 0 fully saturated rings. The number of nitrogens with two attached hydrogens (primary N) is 1. The minimum atomic E-state index is -3.55. The van der Waals surface area contributed by atoms with Crippen LogP contribution in [0.1, 0.15) is 12.6 Å². The van der Waals surface area contributed by atoms with Crippen LogP contribution >= 0.6 is 11.3 Å². The second-order valence-electron chi connectivity index (χ2n) is 4.58. The molecule has 0 bridgehead atoms. The molecule has 0 radical (unpaired) electrons. The summed E-state index contributed by atoms with van der Waals surface area (Å²) in [6.45, 7) is 3.89. The predicted octanol–water partition coefficient (Wildman–Crippen LogP) is 1.74. The highest BCUT2D eigenvalue weighted by Gasteiger charge is 2.17. The molecule has 1 aromatic carbocycles. The van der Waals surface area contributed by atoms with Crippen molar-refractivity contribution in [3.05, 3.63) is 35.3 Å². The normalized spacial score (nSPS) is 13.3. The van der Waals surface area contributed by atoms with Gasteiger partial charge in [-0.25, -0.2) is 18.1 Å². The minimum absolute atomic E-state index is 0.225. The van der Waals surface area contributed by atoms with E-state index in [4.69, 9.17) is 5.73 Å². The van der Waals surface area contributed by atoms with Crippen LogP contribution in [0, 0.1) is 6.92 Å². The Kier molecular flexibility index (Phi) is 4.54. The first kappa shape index (κ1) is 15.1. The summed E-state index contributed by atoms with van der Waals surface area (Å²) >= 11 is 1.49. The summed E-state index contributed by atoms with van der Waals surface area (Å²) in [6, 6.07) is 6.46. The molecule has 0 saturated carbocycles. The van der Waals surface area contributed by atoms with Gasteiger partial charge in [0, 0.05) is 29.2 Å². The van der Waals surface area contributed by atoms with Crippen molar-refractivity contribution in [2.24, 2.45) is 5.73 Å². The van der Waals surface area contributed by atoms with Gasteiger partial charge in [0.2, 0.25) is 10.0 Å². The van der Waals surface area contributed by atoms with Gasteiger partial charge in [-0.15, -0.1) is 11.3 Å². The molecule has 1 atom stereocenters. The molecule has 3 N–H and O–H groups in total. The number of nitrogens with zero attached hydrogens (tertiary/aromatic N) is 1. The Morgan fingerprint density at radius 3 is 2.80 bits per heavy atom. The Balaban J connectivity index is 2.35. The van der Waals surface area contributed by atoms with Crippen LogP contribution in [0.25, 0.3) is 10.6 Å². The first-order chi connectivity index (χ1) is 9.42. The highest BCUT2D eigenvalue weighted by Crippen LogP contribution is 2.25. The number of rotatable bonds is 5. The Hall–Kier alpha value is -1.28. The average molecular weight is 311 g/mol. The van der Waals surface area contributed by atoms with Gasteiger partial charge >= 0.3 is 0 Å². The van der Waals surface area contributed by atoms with Crippen molar-refractivity contribution in [1.82, 2.24) is 9.71 Å². The molecule has 0 unspecified atom stereocenters. The minimum Gasteiger partial charge on any atom is -0.329 e. The summed E-state index contributed by atoms with van der Waals surface area (Å²) in [4.78, 5) is 4.59. The lowest BCUT2D eigenvalue weighted by atomic mass is 10.2. The second kappa shape index (κ2) is 6.01. The van der Waals surface area contributed by atoms with E-state index in [0.717, 1.165) is 16.3 Å². The molecule has 1 aromatic heterocycles. The quantitative estimate of drug-likeness (QED) is 0.881. The first-order valence-electron chi connectivity index (χ1n) is 6.17. The molecule has 0 aliphatic heterocycles. The fourth-order valence-corrected chi connectivity index (χ4v) is 3.76. The molecule has 5 nitrogen and oxygen atoms in total. The van der Waals surface area contributed by atoms with Crippen molar-refractivity contribution in [3.63, 3.8) is 0 Å². The molecular formula is C13H17N3O2S2. The molecule has 2 rings (SSSR count). The summed E-state index contributed by atoms with van der Waals surface area (Å²) in [5.74, 6) is 0. The van der Waals surface area contributed by atoms with E-state index in [2.05, 4.69) is 9.71 Å². The smallest absolute Gasteiger partial charge is 0.240 e. The monoisotopic (exact) mass is 311 g/mol. The van der Waals surface area contributed by atoms with E-state index >= 15 is 0 Å². The molecule has 1 heterocycles. The lowest BCUT2D eigenvalue weighted by Crippen LogP contribution is -2.37. The van der Waals surface area contributed by atoms with Gasteiger partial charge in [-0.1, -0.05) is 12.1 Å². The van der Waals surface area contributed by atoms with Crippen LogP contribution in [0.5, 0.6) is 0 Å². The van der Waals surface area contributed by atoms with E-state index in [9.17, 15) is 8.42 Å². The Morgan fingerprint density at radius 1 is 1.45 bits per heavy atom. The van der Waals surface area contributed by atoms with E-state index in [1.807, 2.05) is 18.4 Å². The number of hydrogen-bond acceptors (Lipinski definition) is 5. The summed E-state index contributed by atoms with van der Waals surface area (Å²) in [5.41, 5.74) is 7.17. The zero-order chi connectivity index (χ0) is 14.8. The third-order valence-electron chi connectivity index (χ3n) is 2.72. The highest BCUT2D eigenvalue weighted by molar-refractivity contribution is 7.89. The number of nitrogens with one attached hydrogen (secondary N) is 1. The van der Waals surface area contributed by atoms with Crippen molar-refractivity contribution >= 4 is 21.4 Å². The largest absolute Gasteiger partial charge is 0.329 e. The summed E-state index contributed by atoms with van der Waals surface area (Å²) in [6.07, 6.45) is 0. The van der Waals surface area contributed by atoms with E-state index < -0.39 is 10.0 Å². The van der Waals surface area contributed by atoms with Crippen LogP contribution in [0.15, 0.2) is 34.5 Å². The van der Waals surface area contributed by atoms with Crippen LogP contribution in [0.2, 0.25) is 0 Å². The molecule has 0 amide bonds. The molecule has 0 spiro atoms. The Morgan fingerprint density at radius 2 is 2.20 bits per heavy atom. The molecule has 7 heteroatoms. The van der Waals surface area contributed by atoms with Crippen molar-refractivity contribution < 1.29 is 8.42 Å². The van der Waals surface area contributed by atoms with Gasteiger partial charge in [-0.05, 0) is 26.0 Å². The van der Waals surface area contributed by atoms with Crippen molar-refractivity contribution in [2.45, 2.75) is 24.8 Å². The molecule has 0 aliphatic rings. The first-order valence-corrected chi connectivity index (χ1v) is 8.53. The lowest BCUT2D eigenvalue weighted by Gasteiger charge is -2.12. The molecule has 0 saturated heterocycles. The predicted molar refractivity (Wildman–Crippen MR) is 81.1 cm³/mol. The van der Waals surface area contributed by atoms with Crippen LogP contribution in [0.4, 0.5) is 0 Å². The van der Waals surface area contributed by atoms with Gasteiger partial charge in [0.15, 0.2) is 0 Å². The maximum absolute atomic E-state index is 12.2. The second-order valence-corrected chi connectivity index (χ2v) is 7.15. The number of aromatic nitrogens is 1. The van der Waals surface area contributed by atoms with Crippen molar-refractivity contribution in [3.8, 4) is 10.6 Å². The fraction of sp³-hybridized carbons (Fsp3) is 0.308. The summed E-state index contributed by atoms with van der Waals surface area (Å²) in [7, 11) is -3.55. The maximum atomic E-state index is 12.2. The topological polar surface area (TPSA) is 85.1 Å². The number of benzene rings is 1. The van der Waals surface area contributed by atoms with Gasteiger partial charge in [-0.3, -0.25) is 0 Å². The summed E-state index contributed by atoms with van der Waals surface area (Å²) < 4.78 is 26.9. The van der Waals surface area contributed by atoms with Crippen molar-refractivity contribution in [1.29, 1.82) is 0 Å². The van der Waals surface area contributed by atoms with Crippen LogP contribution in [-0.2, 0) is 10.0 Å². The van der Waals surface area contributed by atoms with Crippen molar-refractivity contribution in [2.75, 3.05) is 6.54 Å². The maximum Gasteiger partial charge on any atom is 0.240 e. The van der Waals surface area contributed by atoms with Gasteiger partial charge in [-0.2, -0.15) is 0 Å². The number of sulfonamides is 1. The molecule has 0 aliphatic carbocycles. The zero-order valence-electron chi connectivity index (χ0n) is 11.3. The van der Waals surface area contributed by atoms with Crippen LogP contribution in [-0.4, -0.2) is 26.0 Å². The SMILES string of the molecule is Cc1csc(-c2cccc(S(=O)(=O)N[C@@H](C)CN)c2)n1. The third-order valence-corrected chi connectivity index (χ3v) is 5.32. The summed E-state index contributed by atoms with van der Waals surface area (Å²) in [5, 5.41) is 2.75. The van der Waals surface area contributed by atoms with Crippen LogP contribution < -0.4 is 10.5 Å². The van der Waals surface area contributed by atoms with Gasteiger partial charge in [0.05, 0.1) is 4.90 Å². The molecule has 20 heavy (non-hydrogen) atoms. The van der Waals surface area contributed by atoms with Crippen LogP contribution in [0.3, 0.4) is 0 Å². The standard InChI is InChI=1S/C13H17N3O2S2/c1-9(7-14)16-20(17,18)12-5-3-4-11(6-12)13-15-10(2)8-19-13/h3-6,8-9,16H,7,14H2,1-2H3/t9-/m0/s1. The Bertz CT molecular complexity index is 695. The lowest BCUT2D eigenvalue weighted by molar-refractivity contribution is 0.562. The number of hydrogen-bond donors (Lipinski definition) is 2. The van der Waals surface area contributed by atoms with Gasteiger partial charge in [0.25, 0.3) is 0 Å². The van der Waals surface area contributed by atoms with E-state index in [1.165, 1.54) is 11.3 Å². The van der Waals surface area contributed by atoms with E-state index in [-0.39, 0.29) is 17.5 Å². The molecule has 2 aromatic rings.